The van der Waals surface area contributed by atoms with Gasteiger partial charge in [0.1, 0.15) is 5.82 Å². The Morgan fingerprint density at radius 3 is 2.59 bits per heavy atom. The van der Waals surface area contributed by atoms with Gasteiger partial charge < -0.3 is 10.5 Å². The molecule has 1 aromatic rings. The summed E-state index contributed by atoms with van der Waals surface area (Å²) in [4.78, 5) is 11.1. The van der Waals surface area contributed by atoms with E-state index in [1.54, 1.807) is 25.1 Å². The lowest BCUT2D eigenvalue weighted by molar-refractivity contribution is -0.143. The first kappa shape index (κ1) is 15.1. The summed E-state index contributed by atoms with van der Waals surface area (Å²) >= 11 is 0. The smallest absolute Gasteiger partial charge is 0.307 e. The Kier molecular flexibility index (Phi) is 7.40. The van der Waals surface area contributed by atoms with Crippen molar-refractivity contribution in [2.24, 2.45) is 5.73 Å². The fraction of sp³-hybridized carbons (Fsp3) is 0.308. The lowest BCUT2D eigenvalue weighted by atomic mass is 10.0. The van der Waals surface area contributed by atoms with Crippen LogP contribution in [0.25, 0.3) is 0 Å². The summed E-state index contributed by atoms with van der Waals surface area (Å²) in [7, 11) is 0. The van der Waals surface area contributed by atoms with Crippen molar-refractivity contribution >= 4 is 5.97 Å². The minimum atomic E-state index is -0.648. The molecule has 92 valence electrons. The fourth-order valence-electron chi connectivity index (χ4n) is 1.29. The van der Waals surface area contributed by atoms with Crippen molar-refractivity contribution in [1.29, 1.82) is 0 Å². The van der Waals surface area contributed by atoms with E-state index in [2.05, 4.69) is 12.8 Å². The first-order valence-corrected chi connectivity index (χ1v) is 5.14. The molecule has 4 heteroatoms. The van der Waals surface area contributed by atoms with Crippen LogP contribution in [0.5, 0.6) is 0 Å². The third kappa shape index (κ3) is 5.14. The van der Waals surface area contributed by atoms with Crippen LogP contribution in [0, 0.1) is 18.7 Å². The molecule has 0 aliphatic carbocycles. The number of nitrogens with two attached hydrogens (primary N) is 1. The number of halogens is 1. The van der Waals surface area contributed by atoms with Gasteiger partial charge in [-0.2, -0.15) is 0 Å². The van der Waals surface area contributed by atoms with Crippen LogP contribution in [0.15, 0.2) is 24.3 Å². The molecule has 2 N–H and O–H groups in total. The SMILES string of the molecule is C#C.CCOC(=O)CC(N)c1ccccc1F. The Labute approximate surface area is 101 Å². The third-order valence-electron chi connectivity index (χ3n) is 2.00. The predicted molar refractivity (Wildman–Crippen MR) is 64.5 cm³/mol. The van der Waals surface area contributed by atoms with Gasteiger partial charge >= 0.3 is 5.97 Å². The van der Waals surface area contributed by atoms with Gasteiger partial charge in [0.2, 0.25) is 0 Å². The molecule has 0 saturated heterocycles. The van der Waals surface area contributed by atoms with Crippen molar-refractivity contribution in [3.05, 3.63) is 35.6 Å². The van der Waals surface area contributed by atoms with Crippen LogP contribution in [0.3, 0.4) is 0 Å². The van der Waals surface area contributed by atoms with Crippen LogP contribution < -0.4 is 5.73 Å². The molecule has 1 rings (SSSR count). The summed E-state index contributed by atoms with van der Waals surface area (Å²) in [5.41, 5.74) is 6.02. The van der Waals surface area contributed by atoms with E-state index in [0.29, 0.717) is 12.2 Å². The summed E-state index contributed by atoms with van der Waals surface area (Å²) in [6, 6.07) is 5.50. The van der Waals surface area contributed by atoms with Crippen molar-refractivity contribution in [2.75, 3.05) is 6.61 Å². The molecular weight excluding hydrogens is 221 g/mol. The molecule has 0 amide bonds. The van der Waals surface area contributed by atoms with Crippen LogP contribution in [-0.4, -0.2) is 12.6 Å². The molecule has 17 heavy (non-hydrogen) atoms. The highest BCUT2D eigenvalue weighted by Gasteiger charge is 2.15. The van der Waals surface area contributed by atoms with E-state index in [1.165, 1.54) is 6.07 Å². The number of carbonyl (C=O) groups excluding carboxylic acids is 1. The zero-order valence-electron chi connectivity index (χ0n) is 9.73. The number of hydrogen-bond acceptors (Lipinski definition) is 3. The highest BCUT2D eigenvalue weighted by atomic mass is 19.1. The highest BCUT2D eigenvalue weighted by Crippen LogP contribution is 2.17. The maximum absolute atomic E-state index is 13.2. The molecule has 3 nitrogen and oxygen atoms in total. The minimum absolute atomic E-state index is 0.00519. The molecule has 0 aliphatic heterocycles. The van der Waals surface area contributed by atoms with Gasteiger partial charge in [0.05, 0.1) is 13.0 Å². The van der Waals surface area contributed by atoms with Gasteiger partial charge in [0.25, 0.3) is 0 Å². The van der Waals surface area contributed by atoms with Crippen LogP contribution in [0.2, 0.25) is 0 Å². The van der Waals surface area contributed by atoms with Gasteiger partial charge in [-0.15, -0.1) is 12.8 Å². The number of carbonyl (C=O) groups is 1. The van der Waals surface area contributed by atoms with E-state index in [0.717, 1.165) is 0 Å². The molecule has 1 atom stereocenters. The van der Waals surface area contributed by atoms with E-state index >= 15 is 0 Å². The van der Waals surface area contributed by atoms with Crippen molar-refractivity contribution in [3.8, 4) is 12.8 Å². The third-order valence-corrected chi connectivity index (χ3v) is 2.00. The van der Waals surface area contributed by atoms with E-state index in [1.807, 2.05) is 0 Å². The lowest BCUT2D eigenvalue weighted by Gasteiger charge is -2.11. The summed E-state index contributed by atoms with van der Waals surface area (Å²) < 4.78 is 18.0. The normalized spacial score (nSPS) is 10.9. The van der Waals surface area contributed by atoms with Crippen LogP contribution in [0.1, 0.15) is 24.9 Å². The second-order valence-electron chi connectivity index (χ2n) is 3.14. The summed E-state index contributed by atoms with van der Waals surface area (Å²) in [5.74, 6) is -0.803. The van der Waals surface area contributed by atoms with E-state index in [-0.39, 0.29) is 6.42 Å². The van der Waals surface area contributed by atoms with Crippen molar-refractivity contribution in [2.45, 2.75) is 19.4 Å². The second-order valence-corrected chi connectivity index (χ2v) is 3.14. The van der Waals surface area contributed by atoms with Gasteiger partial charge in [-0.25, -0.2) is 4.39 Å². The molecule has 0 aliphatic rings. The standard InChI is InChI=1S/C11H14FNO2.C2H2/c1-2-15-11(14)7-10(13)8-5-3-4-6-9(8)12;1-2/h3-6,10H,2,7,13H2,1H3;1-2H. The maximum Gasteiger partial charge on any atom is 0.307 e. The van der Waals surface area contributed by atoms with Crippen molar-refractivity contribution < 1.29 is 13.9 Å². The molecular formula is C13H16FNO2. The average molecular weight is 237 g/mol. The molecule has 0 spiro atoms. The average Bonchev–Trinajstić information content (AvgIpc) is 2.32. The van der Waals surface area contributed by atoms with Crippen LogP contribution in [-0.2, 0) is 9.53 Å². The number of benzene rings is 1. The number of terminal acetylenes is 1. The predicted octanol–water partition coefficient (Wildman–Crippen LogP) is 2.03. The van der Waals surface area contributed by atoms with Crippen molar-refractivity contribution in [1.82, 2.24) is 0 Å². The Morgan fingerprint density at radius 2 is 2.06 bits per heavy atom. The number of esters is 1. The Morgan fingerprint density at radius 1 is 1.47 bits per heavy atom. The molecule has 0 fully saturated rings. The molecule has 0 heterocycles. The van der Waals surface area contributed by atoms with Gasteiger partial charge in [-0.1, -0.05) is 18.2 Å². The van der Waals surface area contributed by atoms with Gasteiger partial charge in [-0.05, 0) is 13.0 Å². The quantitative estimate of drug-likeness (QED) is 0.644. The fourth-order valence-corrected chi connectivity index (χ4v) is 1.29. The van der Waals surface area contributed by atoms with Gasteiger partial charge in [0, 0.05) is 11.6 Å². The monoisotopic (exact) mass is 237 g/mol. The molecule has 0 radical (unpaired) electrons. The second kappa shape index (κ2) is 8.31. The van der Waals surface area contributed by atoms with Gasteiger partial charge in [0.15, 0.2) is 0 Å². The lowest BCUT2D eigenvalue weighted by Crippen LogP contribution is -2.18. The summed E-state index contributed by atoms with van der Waals surface area (Å²) in [5, 5.41) is 0. The summed E-state index contributed by atoms with van der Waals surface area (Å²) in [6.45, 7) is 2.02. The first-order chi connectivity index (χ1) is 8.15. The molecule has 1 unspecified atom stereocenters. The summed E-state index contributed by atoms with van der Waals surface area (Å²) in [6.07, 6.45) is 7.99. The maximum atomic E-state index is 13.2. The van der Waals surface area contributed by atoms with Crippen molar-refractivity contribution in [3.63, 3.8) is 0 Å². The van der Waals surface area contributed by atoms with Gasteiger partial charge in [-0.3, -0.25) is 4.79 Å². The zero-order chi connectivity index (χ0) is 13.3. The molecule has 0 aromatic heterocycles. The number of ether oxygens (including phenoxy) is 1. The zero-order valence-corrected chi connectivity index (χ0v) is 9.73. The molecule has 1 aromatic carbocycles. The Bertz CT molecular complexity index is 377. The Hall–Kier alpha value is -1.86. The number of hydrogen-bond donors (Lipinski definition) is 1. The topological polar surface area (TPSA) is 52.3 Å². The first-order valence-electron chi connectivity index (χ1n) is 5.14. The van der Waals surface area contributed by atoms with E-state index in [4.69, 9.17) is 10.5 Å². The minimum Gasteiger partial charge on any atom is -0.466 e. The van der Waals surface area contributed by atoms with E-state index in [9.17, 15) is 9.18 Å². The van der Waals surface area contributed by atoms with Crippen LogP contribution >= 0.6 is 0 Å². The Balaban J connectivity index is 0.00000121. The molecule has 0 saturated carbocycles. The molecule has 0 bridgehead atoms. The van der Waals surface area contributed by atoms with E-state index < -0.39 is 17.8 Å². The highest BCUT2D eigenvalue weighted by molar-refractivity contribution is 5.70. The number of rotatable bonds is 4. The van der Waals surface area contributed by atoms with Crippen LogP contribution in [0.4, 0.5) is 4.39 Å². The largest absolute Gasteiger partial charge is 0.466 e.